The van der Waals surface area contributed by atoms with Gasteiger partial charge in [-0.15, -0.1) is 5.10 Å². The molecule has 142 valence electrons. The molecule has 3 rings (SSSR count). The number of benzene rings is 2. The van der Waals surface area contributed by atoms with Crippen molar-refractivity contribution in [2.75, 3.05) is 12.4 Å². The van der Waals surface area contributed by atoms with Crippen LogP contribution < -0.4 is 0 Å². The maximum atomic E-state index is 10.2. The summed E-state index contributed by atoms with van der Waals surface area (Å²) >= 11 is 7.29. The topological polar surface area (TPSA) is 73.1 Å². The molecule has 0 unspecified atom stereocenters. The fraction of sp³-hybridized carbons (Fsp3) is 0.316. The molecule has 27 heavy (non-hydrogen) atoms. The highest BCUT2D eigenvalue weighted by atomic mass is 35.5. The number of aliphatic hydroxyl groups excluding tert-OH is 1. The van der Waals surface area contributed by atoms with Crippen LogP contribution in [-0.4, -0.2) is 43.8 Å². The van der Waals surface area contributed by atoms with Gasteiger partial charge in [0.15, 0.2) is 0 Å². The van der Waals surface area contributed by atoms with Gasteiger partial charge in [0.2, 0.25) is 5.16 Å². The fourth-order valence-corrected chi connectivity index (χ4v) is 3.34. The van der Waals surface area contributed by atoms with Gasteiger partial charge in [-0.3, -0.25) is 0 Å². The maximum Gasteiger partial charge on any atom is 0.214 e. The Morgan fingerprint density at radius 3 is 2.56 bits per heavy atom. The van der Waals surface area contributed by atoms with Crippen LogP contribution in [0.4, 0.5) is 0 Å². The van der Waals surface area contributed by atoms with Crippen LogP contribution in [0.5, 0.6) is 0 Å². The minimum atomic E-state index is -0.632. The molecular weight excluding hydrogens is 384 g/mol. The molecular formula is C19H21ClN4O2S. The van der Waals surface area contributed by atoms with Gasteiger partial charge in [0, 0.05) is 10.8 Å². The van der Waals surface area contributed by atoms with E-state index in [2.05, 4.69) is 15.5 Å². The van der Waals surface area contributed by atoms with Crippen molar-refractivity contribution in [2.24, 2.45) is 0 Å². The molecule has 0 radical (unpaired) electrons. The lowest BCUT2D eigenvalue weighted by Crippen LogP contribution is -2.19. The summed E-state index contributed by atoms with van der Waals surface area (Å²) < 4.78 is 7.42. The zero-order valence-corrected chi connectivity index (χ0v) is 16.7. The number of tetrazole rings is 1. The second-order valence-corrected chi connectivity index (χ2v) is 7.62. The highest BCUT2D eigenvalue weighted by Gasteiger charge is 2.14. The Balaban J connectivity index is 1.51. The Morgan fingerprint density at radius 2 is 1.85 bits per heavy atom. The maximum absolute atomic E-state index is 10.2. The van der Waals surface area contributed by atoms with E-state index in [1.54, 1.807) is 4.68 Å². The van der Waals surface area contributed by atoms with Gasteiger partial charge in [-0.05, 0) is 54.1 Å². The van der Waals surface area contributed by atoms with Crippen molar-refractivity contribution in [2.45, 2.75) is 31.2 Å². The van der Waals surface area contributed by atoms with Crippen LogP contribution in [0.3, 0.4) is 0 Å². The van der Waals surface area contributed by atoms with Crippen LogP contribution in [0.15, 0.2) is 53.7 Å². The van der Waals surface area contributed by atoms with E-state index in [1.807, 2.05) is 62.4 Å². The minimum Gasteiger partial charge on any atom is -0.390 e. The smallest absolute Gasteiger partial charge is 0.214 e. The van der Waals surface area contributed by atoms with Crippen LogP contribution in [0.25, 0.3) is 5.69 Å². The molecule has 0 aliphatic carbocycles. The number of aliphatic hydroxyl groups is 1. The number of thioether (sulfide) groups is 1. The van der Waals surface area contributed by atoms with E-state index in [1.165, 1.54) is 17.3 Å². The highest BCUT2D eigenvalue weighted by Crippen LogP contribution is 2.22. The van der Waals surface area contributed by atoms with Crippen LogP contribution in [0, 0.1) is 6.92 Å². The molecule has 0 spiro atoms. The third kappa shape index (κ3) is 5.52. The molecule has 0 aliphatic heterocycles. The molecule has 3 aromatic rings. The average molecular weight is 405 g/mol. The quantitative estimate of drug-likeness (QED) is 0.575. The van der Waals surface area contributed by atoms with Gasteiger partial charge in [-0.25, -0.2) is 0 Å². The number of aryl methyl sites for hydroxylation is 1. The molecule has 8 heteroatoms. The van der Waals surface area contributed by atoms with E-state index < -0.39 is 6.10 Å². The first kappa shape index (κ1) is 19.8. The summed E-state index contributed by atoms with van der Waals surface area (Å²) in [7, 11) is 0. The summed E-state index contributed by atoms with van der Waals surface area (Å²) in [5.41, 5.74) is 3.07. The van der Waals surface area contributed by atoms with E-state index in [4.69, 9.17) is 16.3 Å². The first-order chi connectivity index (χ1) is 13.0. The molecule has 1 aromatic heterocycles. The molecule has 0 saturated carbocycles. The van der Waals surface area contributed by atoms with Crippen molar-refractivity contribution in [3.8, 4) is 5.69 Å². The van der Waals surface area contributed by atoms with Crippen molar-refractivity contribution in [3.63, 3.8) is 0 Å². The SMILES string of the molecule is Cc1ccc(-n2nnnc2SC[C@H](O)CO[C@@H](C)c2ccc(Cl)cc2)cc1. The van der Waals surface area contributed by atoms with Crippen molar-refractivity contribution in [3.05, 3.63) is 64.7 Å². The lowest BCUT2D eigenvalue weighted by atomic mass is 10.1. The summed E-state index contributed by atoms with van der Waals surface area (Å²) in [6.07, 6.45) is -0.757. The molecule has 1 heterocycles. The number of hydrogen-bond donors (Lipinski definition) is 1. The molecule has 0 saturated heterocycles. The van der Waals surface area contributed by atoms with Gasteiger partial charge in [0.25, 0.3) is 0 Å². The normalized spacial score (nSPS) is 13.5. The predicted octanol–water partition coefficient (Wildman–Crippen LogP) is 3.85. The molecule has 6 nitrogen and oxygen atoms in total. The predicted molar refractivity (Wildman–Crippen MR) is 106 cm³/mol. The molecule has 0 fully saturated rings. The first-order valence-corrected chi connectivity index (χ1v) is 9.92. The monoisotopic (exact) mass is 404 g/mol. The van der Waals surface area contributed by atoms with E-state index in [-0.39, 0.29) is 12.7 Å². The van der Waals surface area contributed by atoms with Crippen molar-refractivity contribution >= 4 is 23.4 Å². The second kappa shape index (κ2) is 9.32. The molecule has 2 aromatic carbocycles. The molecule has 0 bridgehead atoms. The Morgan fingerprint density at radius 1 is 1.15 bits per heavy atom. The minimum absolute atomic E-state index is 0.125. The number of rotatable bonds is 8. The van der Waals surface area contributed by atoms with Crippen LogP contribution in [0.2, 0.25) is 5.02 Å². The summed E-state index contributed by atoms with van der Waals surface area (Å²) in [6, 6.07) is 15.4. The molecule has 0 amide bonds. The van der Waals surface area contributed by atoms with Gasteiger partial charge < -0.3 is 9.84 Å². The van der Waals surface area contributed by atoms with Gasteiger partial charge in [0.05, 0.1) is 24.5 Å². The number of halogens is 1. The number of nitrogens with zero attached hydrogens (tertiary/aromatic N) is 4. The Bertz CT molecular complexity index is 855. The summed E-state index contributed by atoms with van der Waals surface area (Å²) in [6.45, 7) is 4.20. The molecule has 0 aliphatic rings. The first-order valence-electron chi connectivity index (χ1n) is 8.56. The Kier molecular flexibility index (Phi) is 6.84. The Labute approximate surface area is 167 Å². The number of ether oxygens (including phenoxy) is 1. The fourth-order valence-electron chi connectivity index (χ4n) is 2.42. The lowest BCUT2D eigenvalue weighted by Gasteiger charge is -2.16. The zero-order chi connectivity index (χ0) is 19.2. The van der Waals surface area contributed by atoms with Gasteiger partial charge in [-0.1, -0.05) is 53.2 Å². The van der Waals surface area contributed by atoms with Gasteiger partial charge in [0.1, 0.15) is 0 Å². The third-order valence-electron chi connectivity index (χ3n) is 4.00. The van der Waals surface area contributed by atoms with E-state index in [0.717, 1.165) is 11.3 Å². The van der Waals surface area contributed by atoms with Crippen molar-refractivity contribution < 1.29 is 9.84 Å². The number of aromatic nitrogens is 4. The van der Waals surface area contributed by atoms with E-state index in [0.29, 0.717) is 15.9 Å². The van der Waals surface area contributed by atoms with Gasteiger partial charge in [-0.2, -0.15) is 4.68 Å². The Hall–Kier alpha value is -1.93. The van der Waals surface area contributed by atoms with E-state index >= 15 is 0 Å². The van der Waals surface area contributed by atoms with Crippen LogP contribution in [-0.2, 0) is 4.74 Å². The van der Waals surface area contributed by atoms with Crippen LogP contribution >= 0.6 is 23.4 Å². The van der Waals surface area contributed by atoms with Crippen molar-refractivity contribution in [1.29, 1.82) is 0 Å². The zero-order valence-electron chi connectivity index (χ0n) is 15.1. The summed E-state index contributed by atoms with van der Waals surface area (Å²) in [5.74, 6) is 0.430. The third-order valence-corrected chi connectivity index (χ3v) is 5.32. The second-order valence-electron chi connectivity index (χ2n) is 6.20. The molecule has 2 atom stereocenters. The van der Waals surface area contributed by atoms with E-state index in [9.17, 15) is 5.11 Å². The lowest BCUT2D eigenvalue weighted by molar-refractivity contribution is 0.00621. The molecule has 1 N–H and O–H groups in total. The summed E-state index contributed by atoms with van der Waals surface area (Å²) in [4.78, 5) is 0. The van der Waals surface area contributed by atoms with Gasteiger partial charge >= 0.3 is 0 Å². The number of hydrogen-bond acceptors (Lipinski definition) is 6. The highest BCUT2D eigenvalue weighted by molar-refractivity contribution is 7.99. The van der Waals surface area contributed by atoms with Crippen LogP contribution in [0.1, 0.15) is 24.2 Å². The average Bonchev–Trinajstić information content (AvgIpc) is 3.14. The largest absolute Gasteiger partial charge is 0.390 e. The van der Waals surface area contributed by atoms with Crippen molar-refractivity contribution in [1.82, 2.24) is 20.2 Å². The standard InChI is InChI=1S/C19H21ClN4O2S/c1-13-3-9-17(10-4-13)24-19(21-22-23-24)27-12-18(25)11-26-14(2)15-5-7-16(20)8-6-15/h3-10,14,18,25H,11-12H2,1-2H3/t14-,18+/m0/s1. The summed E-state index contributed by atoms with van der Waals surface area (Å²) in [5, 5.41) is 23.4.